The van der Waals surface area contributed by atoms with Gasteiger partial charge in [0.05, 0.1) is 11.4 Å². The van der Waals surface area contributed by atoms with Crippen LogP contribution in [0.3, 0.4) is 0 Å². The maximum atomic E-state index is 13.7. The summed E-state index contributed by atoms with van der Waals surface area (Å²) in [5.41, 5.74) is 5.48. The Kier molecular flexibility index (Phi) is 7.09. The molecule has 1 aromatic carbocycles. The van der Waals surface area contributed by atoms with Gasteiger partial charge in [-0.05, 0) is 74.2 Å². The Morgan fingerprint density at radius 2 is 1.89 bits per heavy atom. The summed E-state index contributed by atoms with van der Waals surface area (Å²) in [5, 5.41) is 0.712. The Bertz CT molecular complexity index is 1230. The molecule has 2 heterocycles. The summed E-state index contributed by atoms with van der Waals surface area (Å²) < 4.78 is 11.6. The van der Waals surface area contributed by atoms with Gasteiger partial charge in [0.25, 0.3) is 5.91 Å². The Hall–Kier alpha value is -3.25. The molecule has 35 heavy (non-hydrogen) atoms. The van der Waals surface area contributed by atoms with Crippen molar-refractivity contribution in [3.63, 3.8) is 0 Å². The number of carbonyl (C=O) groups excluding carboxylic acids is 1. The van der Waals surface area contributed by atoms with Crippen molar-refractivity contribution in [1.82, 2.24) is 4.90 Å². The van der Waals surface area contributed by atoms with Crippen LogP contribution in [-0.4, -0.2) is 29.2 Å². The van der Waals surface area contributed by atoms with E-state index in [9.17, 15) is 4.79 Å². The quantitative estimate of drug-likeness (QED) is 0.458. The number of amides is 1. The molecule has 0 aromatic heterocycles. The minimum Gasteiger partial charge on any atom is -0.491 e. The average Bonchev–Trinajstić information content (AvgIpc) is 3.02. The Morgan fingerprint density at radius 1 is 1.06 bits per heavy atom. The molecular formula is C29H30N2O3S. The van der Waals surface area contributed by atoms with Gasteiger partial charge < -0.3 is 9.47 Å². The number of rotatable bonds is 4. The van der Waals surface area contributed by atoms with E-state index in [1.54, 1.807) is 4.90 Å². The van der Waals surface area contributed by atoms with Gasteiger partial charge in [0, 0.05) is 12.1 Å². The lowest BCUT2D eigenvalue weighted by molar-refractivity contribution is -0.120. The summed E-state index contributed by atoms with van der Waals surface area (Å²) >= 11 is 1.45. The van der Waals surface area contributed by atoms with Crippen LogP contribution in [0.4, 0.5) is 0 Å². The molecule has 0 N–H and O–H groups in total. The zero-order valence-corrected chi connectivity index (χ0v) is 21.1. The van der Waals surface area contributed by atoms with Gasteiger partial charge in [-0.25, -0.2) is 0 Å². The first-order valence-electron chi connectivity index (χ1n) is 12.1. The van der Waals surface area contributed by atoms with Gasteiger partial charge >= 0.3 is 0 Å². The summed E-state index contributed by atoms with van der Waals surface area (Å²) in [4.78, 5) is 21.0. The predicted molar refractivity (Wildman–Crippen MR) is 141 cm³/mol. The highest BCUT2D eigenvalue weighted by molar-refractivity contribution is 8.18. The lowest BCUT2D eigenvalue weighted by Gasteiger charge is -2.19. The van der Waals surface area contributed by atoms with E-state index in [-0.39, 0.29) is 5.91 Å². The summed E-state index contributed by atoms with van der Waals surface area (Å²) in [7, 11) is 0. The van der Waals surface area contributed by atoms with Crippen molar-refractivity contribution in [2.24, 2.45) is 4.99 Å². The maximum Gasteiger partial charge on any atom is 0.271 e. The first kappa shape index (κ1) is 23.5. The number of amidine groups is 1. The molecule has 0 unspecified atom stereocenters. The fourth-order valence-corrected chi connectivity index (χ4v) is 5.30. The van der Waals surface area contributed by atoms with Crippen LogP contribution in [0, 0.1) is 6.92 Å². The third kappa shape index (κ3) is 5.54. The monoisotopic (exact) mass is 486 g/mol. The van der Waals surface area contributed by atoms with Crippen molar-refractivity contribution in [1.29, 1.82) is 0 Å². The van der Waals surface area contributed by atoms with E-state index in [1.165, 1.54) is 22.9 Å². The van der Waals surface area contributed by atoms with Crippen LogP contribution in [0.25, 0.3) is 0 Å². The number of ether oxygens (including phenoxy) is 2. The highest BCUT2D eigenvalue weighted by atomic mass is 32.2. The first-order valence-corrected chi connectivity index (χ1v) is 13.0. The number of nitrogens with zero attached hydrogens (tertiary/aromatic N) is 2. The number of thioether (sulfide) groups is 1. The third-order valence-corrected chi connectivity index (χ3v) is 7.27. The zero-order chi connectivity index (χ0) is 24.2. The maximum absolute atomic E-state index is 13.7. The van der Waals surface area contributed by atoms with E-state index in [1.807, 2.05) is 18.2 Å². The minimum absolute atomic E-state index is 0.0340. The van der Waals surface area contributed by atoms with Crippen LogP contribution in [0.1, 0.15) is 43.7 Å². The van der Waals surface area contributed by atoms with Crippen molar-refractivity contribution in [2.45, 2.75) is 46.1 Å². The molecule has 1 aromatic rings. The van der Waals surface area contributed by atoms with Crippen LogP contribution in [0.5, 0.6) is 0 Å². The predicted octanol–water partition coefficient (Wildman–Crippen LogP) is 6.47. The fourth-order valence-electron chi connectivity index (χ4n) is 4.30. The second-order valence-electron chi connectivity index (χ2n) is 9.04. The number of allylic oxidation sites excluding steroid dienone is 9. The van der Waals surface area contributed by atoms with Gasteiger partial charge in [-0.2, -0.15) is 0 Å². The fraction of sp³-hybridized carbons (Fsp3) is 0.310. The second kappa shape index (κ2) is 10.6. The summed E-state index contributed by atoms with van der Waals surface area (Å²) in [5.74, 6) is 1.69. The molecular weight excluding hydrogens is 456 g/mol. The molecule has 5 nitrogen and oxygen atoms in total. The summed E-state index contributed by atoms with van der Waals surface area (Å²) in [6, 6.07) is 8.37. The number of benzene rings is 1. The number of hydrogen-bond donors (Lipinski definition) is 0. The molecule has 180 valence electrons. The molecule has 0 spiro atoms. The molecule has 6 heteroatoms. The summed E-state index contributed by atoms with van der Waals surface area (Å²) in [6.45, 7) is 5.84. The molecule has 2 aliphatic carbocycles. The highest BCUT2D eigenvalue weighted by Gasteiger charge is 2.35. The van der Waals surface area contributed by atoms with E-state index in [2.05, 4.69) is 56.3 Å². The lowest BCUT2D eigenvalue weighted by atomic mass is 10.1. The van der Waals surface area contributed by atoms with Crippen LogP contribution >= 0.6 is 11.8 Å². The number of carbonyl (C=O) groups is 1. The van der Waals surface area contributed by atoms with Crippen molar-refractivity contribution in [2.75, 3.05) is 13.2 Å². The molecule has 0 saturated carbocycles. The molecule has 4 aliphatic rings. The highest BCUT2D eigenvalue weighted by Crippen LogP contribution is 2.37. The molecule has 0 atom stereocenters. The lowest BCUT2D eigenvalue weighted by Crippen LogP contribution is -2.28. The molecule has 2 aliphatic heterocycles. The van der Waals surface area contributed by atoms with Gasteiger partial charge in [0.1, 0.15) is 19.0 Å². The molecule has 1 amide bonds. The molecule has 0 bridgehead atoms. The zero-order valence-electron chi connectivity index (χ0n) is 20.3. The number of aryl methyl sites for hydroxylation is 1. The molecule has 1 saturated heterocycles. The minimum atomic E-state index is -0.0340. The molecule has 0 radical (unpaired) electrons. The number of hydrogen-bond acceptors (Lipinski definition) is 5. The standard InChI is InChI=1S/C29H30N2O3S/c1-20-5-3-7-24(14-11-20)31-28(32)27(35-29(31)30-19-22-12-9-21(2)10-13-22)18-23-6-4-8-25-26(17-23)34-16-15-33-25/h5,7,9-14,17-18H,3-4,6,8,15-16,19H2,1-2H3/b27-18-,30-29?. The molecule has 1 fully saturated rings. The first-order chi connectivity index (χ1) is 17.1. The van der Waals surface area contributed by atoms with E-state index in [0.29, 0.717) is 29.8 Å². The second-order valence-corrected chi connectivity index (χ2v) is 10.0. The van der Waals surface area contributed by atoms with Gasteiger partial charge in [0.15, 0.2) is 10.9 Å². The number of aliphatic imine (C=N–C) groups is 1. The van der Waals surface area contributed by atoms with Crippen LogP contribution in [-0.2, 0) is 20.8 Å². The Morgan fingerprint density at radius 3 is 2.74 bits per heavy atom. The van der Waals surface area contributed by atoms with Crippen LogP contribution in [0.2, 0.25) is 0 Å². The van der Waals surface area contributed by atoms with Gasteiger partial charge in [0.2, 0.25) is 0 Å². The van der Waals surface area contributed by atoms with E-state index < -0.39 is 0 Å². The van der Waals surface area contributed by atoms with Gasteiger partial charge in [-0.15, -0.1) is 0 Å². The van der Waals surface area contributed by atoms with Crippen molar-refractivity contribution >= 4 is 22.8 Å². The van der Waals surface area contributed by atoms with E-state index in [4.69, 9.17) is 14.5 Å². The van der Waals surface area contributed by atoms with Crippen LogP contribution < -0.4 is 0 Å². The van der Waals surface area contributed by atoms with Crippen LogP contribution in [0.15, 0.2) is 99.0 Å². The van der Waals surface area contributed by atoms with Crippen molar-refractivity contribution in [3.05, 3.63) is 105 Å². The normalized spacial score (nSPS) is 22.7. The molecule has 5 rings (SSSR count). The SMILES string of the molecule is CC1=CCC=C(N2C(=O)/C(=C/C3=CC4=C(CCC3)OCCO4)SC2=NCc2ccc(C)cc2)C=C1. The average molecular weight is 487 g/mol. The topological polar surface area (TPSA) is 51.1 Å². The van der Waals surface area contributed by atoms with E-state index >= 15 is 0 Å². The summed E-state index contributed by atoms with van der Waals surface area (Å²) in [6.07, 6.45) is 15.8. The Labute approximate surface area is 211 Å². The Balaban J connectivity index is 1.46. The van der Waals surface area contributed by atoms with Crippen molar-refractivity contribution in [3.8, 4) is 0 Å². The van der Waals surface area contributed by atoms with Gasteiger partial charge in [-0.1, -0.05) is 53.6 Å². The van der Waals surface area contributed by atoms with Gasteiger partial charge in [-0.3, -0.25) is 14.7 Å². The van der Waals surface area contributed by atoms with E-state index in [0.717, 1.165) is 54.0 Å². The largest absolute Gasteiger partial charge is 0.491 e. The smallest absolute Gasteiger partial charge is 0.271 e. The van der Waals surface area contributed by atoms with Crippen molar-refractivity contribution < 1.29 is 14.3 Å². The third-order valence-electron chi connectivity index (χ3n) is 6.26.